The van der Waals surface area contributed by atoms with Crippen LogP contribution < -0.4 is 0 Å². The minimum absolute atomic E-state index is 0.0372. The zero-order valence-electron chi connectivity index (χ0n) is 10.3. The summed E-state index contributed by atoms with van der Waals surface area (Å²) in [5, 5.41) is 14.0. The quantitative estimate of drug-likeness (QED) is 0.777. The van der Waals surface area contributed by atoms with Gasteiger partial charge in [-0.25, -0.2) is 4.68 Å². The third kappa shape index (κ3) is 2.26. The van der Waals surface area contributed by atoms with Gasteiger partial charge in [-0.15, -0.1) is 0 Å². The molecule has 0 radical (unpaired) electrons. The average Bonchev–Trinajstić information content (AvgIpc) is 2.93. The summed E-state index contributed by atoms with van der Waals surface area (Å²) in [5.41, 5.74) is 3.51. The lowest BCUT2D eigenvalue weighted by Crippen LogP contribution is -1.93. The van der Waals surface area contributed by atoms with Gasteiger partial charge in [0.05, 0.1) is 18.0 Å². The highest BCUT2D eigenvalue weighted by molar-refractivity contribution is 5.62. The Hall–Kier alpha value is -2.46. The number of hydrogen-bond acceptors (Lipinski definition) is 3. The van der Waals surface area contributed by atoms with Crippen molar-refractivity contribution in [2.45, 2.75) is 6.61 Å². The molecule has 3 rings (SSSR count). The zero-order chi connectivity index (χ0) is 13.1. The predicted molar refractivity (Wildman–Crippen MR) is 72.7 cm³/mol. The molecule has 1 aromatic carbocycles. The second-order valence-corrected chi connectivity index (χ2v) is 4.18. The zero-order valence-corrected chi connectivity index (χ0v) is 10.3. The van der Waals surface area contributed by atoms with Gasteiger partial charge in [-0.1, -0.05) is 18.2 Å². The van der Waals surface area contributed by atoms with Gasteiger partial charge in [-0.05, 0) is 24.3 Å². The van der Waals surface area contributed by atoms with Crippen molar-refractivity contribution < 1.29 is 5.11 Å². The van der Waals surface area contributed by atoms with Crippen LogP contribution in [0.3, 0.4) is 0 Å². The smallest absolute Gasteiger partial charge is 0.0983 e. The summed E-state index contributed by atoms with van der Waals surface area (Å²) < 4.78 is 1.78. The van der Waals surface area contributed by atoms with Crippen LogP contribution in [0.5, 0.6) is 0 Å². The van der Waals surface area contributed by atoms with Gasteiger partial charge in [0.2, 0.25) is 0 Å². The van der Waals surface area contributed by atoms with Crippen molar-refractivity contribution in [1.29, 1.82) is 0 Å². The minimum atomic E-state index is -0.0372. The van der Waals surface area contributed by atoms with Crippen molar-refractivity contribution in [3.8, 4) is 16.9 Å². The Kier molecular flexibility index (Phi) is 3.08. The Morgan fingerprint density at radius 1 is 1.00 bits per heavy atom. The molecule has 0 aliphatic heterocycles. The van der Waals surface area contributed by atoms with E-state index in [1.54, 1.807) is 17.1 Å². The van der Waals surface area contributed by atoms with Crippen LogP contribution in [0.15, 0.2) is 61.1 Å². The normalized spacial score (nSPS) is 10.6. The van der Waals surface area contributed by atoms with Crippen molar-refractivity contribution in [2.24, 2.45) is 0 Å². The van der Waals surface area contributed by atoms with E-state index in [0.29, 0.717) is 0 Å². The molecule has 0 saturated heterocycles. The van der Waals surface area contributed by atoms with Gasteiger partial charge < -0.3 is 5.11 Å². The molecule has 0 aliphatic rings. The topological polar surface area (TPSA) is 50.9 Å². The molecular formula is C15H13N3O. The van der Waals surface area contributed by atoms with E-state index in [4.69, 9.17) is 0 Å². The highest BCUT2D eigenvalue weighted by Crippen LogP contribution is 2.22. The lowest BCUT2D eigenvalue weighted by molar-refractivity contribution is 0.282. The van der Waals surface area contributed by atoms with Crippen molar-refractivity contribution in [3.05, 3.63) is 66.6 Å². The van der Waals surface area contributed by atoms with Crippen molar-refractivity contribution in [2.75, 3.05) is 0 Å². The van der Waals surface area contributed by atoms with Crippen LogP contribution in [0.1, 0.15) is 5.56 Å². The average molecular weight is 251 g/mol. The summed E-state index contributed by atoms with van der Waals surface area (Å²) in [6, 6.07) is 13.6. The number of aromatic nitrogens is 3. The molecule has 0 unspecified atom stereocenters. The summed E-state index contributed by atoms with van der Waals surface area (Å²) in [6.07, 6.45) is 5.29. The minimum Gasteiger partial charge on any atom is -0.392 e. The lowest BCUT2D eigenvalue weighted by Gasteiger charge is -2.00. The number of benzene rings is 1. The summed E-state index contributed by atoms with van der Waals surface area (Å²) in [5.74, 6) is 0. The van der Waals surface area contributed by atoms with Gasteiger partial charge >= 0.3 is 0 Å². The molecule has 4 heteroatoms. The Balaban J connectivity index is 2.09. The monoisotopic (exact) mass is 251 g/mol. The van der Waals surface area contributed by atoms with Gasteiger partial charge in [0.25, 0.3) is 0 Å². The number of para-hydroxylation sites is 1. The lowest BCUT2D eigenvalue weighted by atomic mass is 10.1. The highest BCUT2D eigenvalue weighted by Gasteiger charge is 2.10. The maximum Gasteiger partial charge on any atom is 0.0983 e. The van der Waals surface area contributed by atoms with Crippen LogP contribution in [0.25, 0.3) is 16.9 Å². The summed E-state index contributed by atoms with van der Waals surface area (Å²) in [7, 11) is 0. The molecule has 2 heterocycles. The van der Waals surface area contributed by atoms with E-state index in [1.807, 2.05) is 48.7 Å². The molecule has 94 valence electrons. The van der Waals surface area contributed by atoms with Crippen molar-refractivity contribution in [1.82, 2.24) is 14.8 Å². The van der Waals surface area contributed by atoms with Gasteiger partial charge in [0.1, 0.15) is 0 Å². The molecule has 1 N–H and O–H groups in total. The number of aliphatic hydroxyl groups is 1. The van der Waals surface area contributed by atoms with Gasteiger partial charge in [-0.3, -0.25) is 4.98 Å². The van der Waals surface area contributed by atoms with E-state index in [9.17, 15) is 5.11 Å². The maximum absolute atomic E-state index is 9.47. The van der Waals surface area contributed by atoms with Crippen LogP contribution in [0.4, 0.5) is 0 Å². The first-order valence-electron chi connectivity index (χ1n) is 6.03. The summed E-state index contributed by atoms with van der Waals surface area (Å²) >= 11 is 0. The number of rotatable bonds is 3. The molecule has 0 saturated carbocycles. The van der Waals surface area contributed by atoms with Gasteiger partial charge in [0, 0.05) is 29.7 Å². The third-order valence-corrected chi connectivity index (χ3v) is 2.93. The third-order valence-electron chi connectivity index (χ3n) is 2.93. The van der Waals surface area contributed by atoms with Gasteiger partial charge in [0.15, 0.2) is 0 Å². The number of aliphatic hydroxyl groups excluding tert-OH is 1. The van der Waals surface area contributed by atoms with E-state index >= 15 is 0 Å². The van der Waals surface area contributed by atoms with Crippen LogP contribution >= 0.6 is 0 Å². The Morgan fingerprint density at radius 3 is 2.42 bits per heavy atom. The molecule has 0 atom stereocenters. The summed E-state index contributed by atoms with van der Waals surface area (Å²) in [6.45, 7) is -0.0372. The first-order valence-corrected chi connectivity index (χ1v) is 6.03. The van der Waals surface area contributed by atoms with Crippen molar-refractivity contribution in [3.63, 3.8) is 0 Å². The first kappa shape index (κ1) is 11.6. The van der Waals surface area contributed by atoms with Crippen LogP contribution in [0, 0.1) is 0 Å². The van der Waals surface area contributed by atoms with E-state index < -0.39 is 0 Å². The molecular weight excluding hydrogens is 238 g/mol. The second-order valence-electron chi connectivity index (χ2n) is 4.18. The van der Waals surface area contributed by atoms with Crippen molar-refractivity contribution >= 4 is 0 Å². The van der Waals surface area contributed by atoms with Crippen LogP contribution in [-0.4, -0.2) is 19.9 Å². The Bertz CT molecular complexity index is 662. The number of pyridine rings is 1. The first-order chi connectivity index (χ1) is 9.38. The predicted octanol–water partition coefficient (Wildman–Crippen LogP) is 2.43. The number of hydrogen-bond donors (Lipinski definition) is 1. The molecule has 0 fully saturated rings. The molecule has 0 amide bonds. The van der Waals surface area contributed by atoms with Crippen LogP contribution in [-0.2, 0) is 6.61 Å². The largest absolute Gasteiger partial charge is 0.392 e. The van der Waals surface area contributed by atoms with E-state index in [0.717, 1.165) is 22.5 Å². The molecule has 0 aliphatic carbocycles. The van der Waals surface area contributed by atoms with Crippen LogP contribution in [0.2, 0.25) is 0 Å². The standard InChI is InChI=1S/C15H13N3O/c19-11-13-10-18(14-4-2-1-3-5-14)17-15(13)12-6-8-16-9-7-12/h1-10,19H,11H2. The Morgan fingerprint density at radius 2 is 1.74 bits per heavy atom. The Labute approximate surface area is 111 Å². The molecule has 19 heavy (non-hydrogen) atoms. The molecule has 2 aromatic heterocycles. The molecule has 3 aromatic rings. The number of nitrogens with zero attached hydrogens (tertiary/aromatic N) is 3. The van der Waals surface area contributed by atoms with E-state index in [-0.39, 0.29) is 6.61 Å². The SMILES string of the molecule is OCc1cn(-c2ccccc2)nc1-c1ccncc1. The molecule has 0 spiro atoms. The highest BCUT2D eigenvalue weighted by atomic mass is 16.3. The fourth-order valence-electron chi connectivity index (χ4n) is 1.99. The fourth-order valence-corrected chi connectivity index (χ4v) is 1.99. The molecule has 0 bridgehead atoms. The van der Waals surface area contributed by atoms with E-state index in [2.05, 4.69) is 10.1 Å². The fraction of sp³-hybridized carbons (Fsp3) is 0.0667. The van der Waals surface area contributed by atoms with Gasteiger partial charge in [-0.2, -0.15) is 5.10 Å². The van der Waals surface area contributed by atoms with E-state index in [1.165, 1.54) is 0 Å². The molecule has 4 nitrogen and oxygen atoms in total. The maximum atomic E-state index is 9.47. The second kappa shape index (κ2) is 5.04. The summed E-state index contributed by atoms with van der Waals surface area (Å²) in [4.78, 5) is 3.99.